The second-order valence-corrected chi connectivity index (χ2v) is 6.85. The van der Waals surface area contributed by atoms with Crippen LogP contribution in [0.1, 0.15) is 28.2 Å². The maximum absolute atomic E-state index is 13.6. The zero-order valence-electron chi connectivity index (χ0n) is 13.5. The van der Waals surface area contributed by atoms with Crippen molar-refractivity contribution in [2.24, 2.45) is 5.10 Å². The van der Waals surface area contributed by atoms with Crippen LogP contribution in [0.15, 0.2) is 52.6 Å². The minimum atomic E-state index is -0.333. The molecular formula is C18H15FN4OS. The van der Waals surface area contributed by atoms with E-state index in [-0.39, 0.29) is 11.7 Å². The number of pyridine rings is 1. The number of benzene rings is 1. The molecule has 0 saturated heterocycles. The SMILES string of the molecule is Cc1nc2ccccn2c1C(=O)N/N=C1\CCSc2ccc(F)cc21. The topological polar surface area (TPSA) is 58.8 Å². The lowest BCUT2D eigenvalue weighted by atomic mass is 10.1. The van der Waals surface area contributed by atoms with E-state index in [0.29, 0.717) is 29.2 Å². The van der Waals surface area contributed by atoms with Gasteiger partial charge < -0.3 is 0 Å². The van der Waals surface area contributed by atoms with Crippen LogP contribution < -0.4 is 5.43 Å². The molecule has 7 heteroatoms. The molecule has 1 N–H and O–H groups in total. The molecule has 3 heterocycles. The van der Waals surface area contributed by atoms with Gasteiger partial charge in [-0.05, 0) is 37.3 Å². The largest absolute Gasteiger partial charge is 0.295 e. The number of amides is 1. The lowest BCUT2D eigenvalue weighted by molar-refractivity contribution is 0.0948. The van der Waals surface area contributed by atoms with Crippen molar-refractivity contribution >= 4 is 29.0 Å². The van der Waals surface area contributed by atoms with Crippen LogP contribution in [-0.2, 0) is 0 Å². The van der Waals surface area contributed by atoms with E-state index in [2.05, 4.69) is 15.5 Å². The number of fused-ring (bicyclic) bond motifs is 2. The molecule has 0 atom stereocenters. The van der Waals surface area contributed by atoms with E-state index < -0.39 is 0 Å². The summed E-state index contributed by atoms with van der Waals surface area (Å²) in [6.07, 6.45) is 2.47. The predicted molar refractivity (Wildman–Crippen MR) is 95.7 cm³/mol. The molecule has 0 saturated carbocycles. The molecule has 4 rings (SSSR count). The van der Waals surface area contributed by atoms with Gasteiger partial charge in [-0.2, -0.15) is 5.10 Å². The molecule has 1 amide bonds. The molecule has 0 spiro atoms. The Balaban J connectivity index is 1.65. The van der Waals surface area contributed by atoms with E-state index in [1.807, 2.05) is 18.2 Å². The van der Waals surface area contributed by atoms with Crippen molar-refractivity contribution in [1.29, 1.82) is 0 Å². The van der Waals surface area contributed by atoms with E-state index in [1.165, 1.54) is 12.1 Å². The standard InChI is InChI=1S/C18H15FN4OS/c1-11-17(23-8-3-2-4-16(23)20-11)18(24)22-21-14-7-9-25-15-6-5-12(19)10-13(14)15/h2-6,8,10H,7,9H2,1H3,(H,22,24)/b21-14+. The highest BCUT2D eigenvalue weighted by atomic mass is 32.2. The number of nitrogens with one attached hydrogen (secondary N) is 1. The molecular weight excluding hydrogens is 339 g/mol. The van der Waals surface area contributed by atoms with E-state index in [1.54, 1.807) is 35.3 Å². The molecule has 1 aliphatic heterocycles. The van der Waals surface area contributed by atoms with E-state index >= 15 is 0 Å². The Bertz CT molecular complexity index is 1010. The number of imidazole rings is 1. The lowest BCUT2D eigenvalue weighted by Gasteiger charge is -2.17. The summed E-state index contributed by atoms with van der Waals surface area (Å²) in [6, 6.07) is 10.2. The van der Waals surface area contributed by atoms with Crippen molar-refractivity contribution in [3.63, 3.8) is 0 Å². The van der Waals surface area contributed by atoms with Gasteiger partial charge >= 0.3 is 0 Å². The summed E-state index contributed by atoms with van der Waals surface area (Å²) >= 11 is 1.66. The van der Waals surface area contributed by atoms with Crippen molar-refractivity contribution in [1.82, 2.24) is 14.8 Å². The zero-order chi connectivity index (χ0) is 17.4. The Hall–Kier alpha value is -2.67. The van der Waals surface area contributed by atoms with Crippen LogP contribution in [0.5, 0.6) is 0 Å². The Kier molecular flexibility index (Phi) is 4.01. The van der Waals surface area contributed by atoms with E-state index in [4.69, 9.17) is 0 Å². The minimum absolute atomic E-state index is 0.307. The second-order valence-electron chi connectivity index (χ2n) is 5.71. The van der Waals surface area contributed by atoms with Crippen LogP contribution in [0.4, 0.5) is 4.39 Å². The fourth-order valence-corrected chi connectivity index (χ4v) is 3.93. The molecule has 5 nitrogen and oxygen atoms in total. The van der Waals surface area contributed by atoms with E-state index in [0.717, 1.165) is 16.2 Å². The van der Waals surface area contributed by atoms with Gasteiger partial charge in [0.15, 0.2) is 0 Å². The number of hydrogen-bond donors (Lipinski definition) is 1. The van der Waals surface area contributed by atoms with Crippen molar-refractivity contribution < 1.29 is 9.18 Å². The highest BCUT2D eigenvalue weighted by Crippen LogP contribution is 2.30. The quantitative estimate of drug-likeness (QED) is 0.718. The molecule has 0 fully saturated rings. The fourth-order valence-electron chi connectivity index (χ4n) is 2.92. The number of nitrogens with zero attached hydrogens (tertiary/aromatic N) is 3. The molecule has 0 bridgehead atoms. The molecule has 1 aromatic carbocycles. The summed E-state index contributed by atoms with van der Waals surface area (Å²) in [6.45, 7) is 1.79. The van der Waals surface area contributed by atoms with Gasteiger partial charge in [-0.15, -0.1) is 11.8 Å². The first kappa shape index (κ1) is 15.8. The average molecular weight is 354 g/mol. The average Bonchev–Trinajstić information content (AvgIpc) is 2.95. The third-order valence-electron chi connectivity index (χ3n) is 4.06. The van der Waals surface area contributed by atoms with Gasteiger partial charge in [0.05, 0.1) is 11.4 Å². The molecule has 2 aromatic heterocycles. The van der Waals surface area contributed by atoms with Crippen LogP contribution in [-0.4, -0.2) is 26.8 Å². The number of hydrogen-bond acceptors (Lipinski definition) is 4. The third kappa shape index (κ3) is 2.91. The molecule has 0 aliphatic carbocycles. The highest BCUT2D eigenvalue weighted by Gasteiger charge is 2.19. The smallest absolute Gasteiger partial charge is 0.290 e. The lowest BCUT2D eigenvalue weighted by Crippen LogP contribution is -2.23. The predicted octanol–water partition coefficient (Wildman–Crippen LogP) is 3.41. The van der Waals surface area contributed by atoms with Gasteiger partial charge in [0, 0.05) is 28.8 Å². The molecule has 126 valence electrons. The number of thioether (sulfide) groups is 1. The number of hydrazone groups is 1. The number of rotatable bonds is 2. The van der Waals surface area contributed by atoms with Gasteiger partial charge in [0.1, 0.15) is 17.2 Å². The Morgan fingerprint density at radius 1 is 1.36 bits per heavy atom. The van der Waals surface area contributed by atoms with Crippen LogP contribution in [0, 0.1) is 12.7 Å². The molecule has 3 aromatic rings. The number of aryl methyl sites for hydroxylation is 1. The van der Waals surface area contributed by atoms with Gasteiger partial charge in [-0.3, -0.25) is 9.20 Å². The van der Waals surface area contributed by atoms with Crippen molar-refractivity contribution in [3.8, 4) is 0 Å². The van der Waals surface area contributed by atoms with Crippen LogP contribution >= 0.6 is 11.8 Å². The monoisotopic (exact) mass is 354 g/mol. The highest BCUT2D eigenvalue weighted by molar-refractivity contribution is 7.99. The summed E-state index contributed by atoms with van der Waals surface area (Å²) in [7, 11) is 0. The summed E-state index contributed by atoms with van der Waals surface area (Å²) in [5.74, 6) is 0.208. The van der Waals surface area contributed by atoms with Crippen molar-refractivity contribution in [2.75, 3.05) is 5.75 Å². The van der Waals surface area contributed by atoms with Gasteiger partial charge in [0.2, 0.25) is 0 Å². The first-order valence-corrected chi connectivity index (χ1v) is 8.85. The second kappa shape index (κ2) is 6.33. The summed E-state index contributed by atoms with van der Waals surface area (Å²) in [5, 5.41) is 4.27. The summed E-state index contributed by atoms with van der Waals surface area (Å²) in [4.78, 5) is 18.0. The van der Waals surface area contributed by atoms with Gasteiger partial charge in [0.25, 0.3) is 5.91 Å². The van der Waals surface area contributed by atoms with Crippen molar-refractivity contribution in [2.45, 2.75) is 18.2 Å². The maximum atomic E-state index is 13.6. The summed E-state index contributed by atoms with van der Waals surface area (Å²) in [5.41, 5.74) is 5.82. The van der Waals surface area contributed by atoms with Crippen LogP contribution in [0.2, 0.25) is 0 Å². The summed E-state index contributed by atoms with van der Waals surface area (Å²) < 4.78 is 15.3. The molecule has 0 radical (unpaired) electrons. The third-order valence-corrected chi connectivity index (χ3v) is 5.14. The molecule has 1 aliphatic rings. The normalized spacial score (nSPS) is 15.4. The van der Waals surface area contributed by atoms with Crippen LogP contribution in [0.25, 0.3) is 5.65 Å². The maximum Gasteiger partial charge on any atom is 0.290 e. The van der Waals surface area contributed by atoms with Crippen LogP contribution in [0.3, 0.4) is 0 Å². The zero-order valence-corrected chi connectivity index (χ0v) is 14.3. The molecule has 0 unspecified atom stereocenters. The fraction of sp³-hybridized carbons (Fsp3) is 0.167. The van der Waals surface area contributed by atoms with E-state index in [9.17, 15) is 9.18 Å². The van der Waals surface area contributed by atoms with Gasteiger partial charge in [-0.1, -0.05) is 6.07 Å². The first-order chi connectivity index (χ1) is 12.1. The van der Waals surface area contributed by atoms with Crippen molar-refractivity contribution in [3.05, 3.63) is 65.4 Å². The first-order valence-electron chi connectivity index (χ1n) is 7.87. The minimum Gasteiger partial charge on any atom is -0.295 e. The Morgan fingerprint density at radius 2 is 2.24 bits per heavy atom. The number of aromatic nitrogens is 2. The number of carbonyl (C=O) groups is 1. The molecule has 25 heavy (non-hydrogen) atoms. The Morgan fingerprint density at radius 3 is 3.12 bits per heavy atom. The Labute approximate surface area is 148 Å². The number of halogens is 1. The van der Waals surface area contributed by atoms with Gasteiger partial charge in [-0.25, -0.2) is 14.8 Å². The number of carbonyl (C=O) groups excluding carboxylic acids is 1.